The second-order valence-corrected chi connectivity index (χ2v) is 2.42. The molecule has 1 unspecified atom stereocenters. The summed E-state index contributed by atoms with van der Waals surface area (Å²) in [6, 6.07) is 1.67. The van der Waals surface area contributed by atoms with E-state index < -0.39 is 11.9 Å². The molecule has 0 amide bonds. The number of carboxylic acid groups (broad SMARTS) is 1. The highest BCUT2D eigenvalue weighted by molar-refractivity contribution is 5.69. The van der Waals surface area contributed by atoms with Crippen molar-refractivity contribution >= 4 is 5.97 Å². The van der Waals surface area contributed by atoms with Gasteiger partial charge >= 0.3 is 5.97 Å². The minimum atomic E-state index is -0.818. The molecule has 0 aliphatic heterocycles. The fourth-order valence-electron chi connectivity index (χ4n) is 0.737. The molecule has 0 fully saturated rings. The van der Waals surface area contributed by atoms with Gasteiger partial charge in [-0.2, -0.15) is 0 Å². The van der Waals surface area contributed by atoms with Gasteiger partial charge in [-0.05, 0) is 0 Å². The summed E-state index contributed by atoms with van der Waals surface area (Å²) in [6.07, 6.45) is 1.90. The van der Waals surface area contributed by atoms with Gasteiger partial charge in [-0.25, -0.2) is 0 Å². The largest absolute Gasteiger partial charge is 0.481 e. The van der Waals surface area contributed by atoms with Crippen LogP contribution in [0, 0.1) is 5.92 Å². The van der Waals surface area contributed by atoms with Crippen LogP contribution in [0.4, 0.5) is 0 Å². The maximum atomic E-state index is 10.4. The molecule has 1 aromatic heterocycles. The molecule has 0 radical (unpaired) electrons. The van der Waals surface area contributed by atoms with Crippen molar-refractivity contribution in [2.24, 2.45) is 5.92 Å². The molecule has 0 aromatic carbocycles. The lowest BCUT2D eigenvalue weighted by atomic mass is 10.1. The topological polar surface area (TPSA) is 63.3 Å². The Morgan fingerprint density at radius 2 is 2.64 bits per heavy atom. The Kier molecular flexibility index (Phi) is 2.25. The first-order valence-corrected chi connectivity index (χ1v) is 3.32. The normalized spacial score (nSPS) is 12.8. The lowest BCUT2D eigenvalue weighted by Gasteiger charge is -2.00. The Morgan fingerprint density at radius 3 is 3.09 bits per heavy atom. The third kappa shape index (κ3) is 2.07. The van der Waals surface area contributed by atoms with E-state index in [-0.39, 0.29) is 0 Å². The molecule has 4 heteroatoms. The van der Waals surface area contributed by atoms with Crippen LogP contribution in [0.2, 0.25) is 0 Å². The molecule has 60 valence electrons. The van der Waals surface area contributed by atoms with Crippen molar-refractivity contribution in [1.82, 2.24) is 5.16 Å². The Bertz CT molecular complexity index is 230. The highest BCUT2D eigenvalue weighted by Gasteiger charge is 2.12. The summed E-state index contributed by atoms with van der Waals surface area (Å²) in [5.74, 6) is -0.621. The summed E-state index contributed by atoms with van der Waals surface area (Å²) in [5.41, 5.74) is 0. The van der Waals surface area contributed by atoms with Gasteiger partial charge in [0.15, 0.2) is 0 Å². The van der Waals surface area contributed by atoms with Crippen molar-refractivity contribution in [3.8, 4) is 0 Å². The number of carbonyl (C=O) groups is 1. The van der Waals surface area contributed by atoms with Gasteiger partial charge in [-0.15, -0.1) is 0 Å². The van der Waals surface area contributed by atoms with E-state index in [2.05, 4.69) is 5.16 Å². The predicted molar refractivity (Wildman–Crippen MR) is 37.0 cm³/mol. The van der Waals surface area contributed by atoms with Crippen molar-refractivity contribution in [2.75, 3.05) is 0 Å². The second kappa shape index (κ2) is 3.18. The number of hydrogen-bond donors (Lipinski definition) is 1. The minimum absolute atomic E-state index is 0.398. The van der Waals surface area contributed by atoms with Crippen LogP contribution in [0.3, 0.4) is 0 Å². The molecule has 1 atom stereocenters. The number of carboxylic acids is 1. The van der Waals surface area contributed by atoms with Crippen molar-refractivity contribution < 1.29 is 14.4 Å². The Hall–Kier alpha value is -1.32. The van der Waals surface area contributed by atoms with E-state index in [0.717, 1.165) is 0 Å². The average molecular weight is 155 g/mol. The molecule has 1 heterocycles. The average Bonchev–Trinajstić information content (AvgIpc) is 2.39. The first-order valence-electron chi connectivity index (χ1n) is 3.32. The second-order valence-electron chi connectivity index (χ2n) is 2.42. The van der Waals surface area contributed by atoms with Crippen LogP contribution in [-0.4, -0.2) is 16.2 Å². The Labute approximate surface area is 63.8 Å². The van der Waals surface area contributed by atoms with Crippen LogP contribution in [-0.2, 0) is 11.2 Å². The molecular weight excluding hydrogens is 146 g/mol. The number of nitrogens with zero attached hydrogens (tertiary/aromatic N) is 1. The fourth-order valence-corrected chi connectivity index (χ4v) is 0.737. The molecule has 0 saturated heterocycles. The zero-order valence-corrected chi connectivity index (χ0v) is 6.15. The van der Waals surface area contributed by atoms with E-state index in [9.17, 15) is 4.79 Å². The quantitative estimate of drug-likeness (QED) is 0.705. The van der Waals surface area contributed by atoms with E-state index in [0.29, 0.717) is 12.2 Å². The molecule has 11 heavy (non-hydrogen) atoms. The van der Waals surface area contributed by atoms with Crippen LogP contribution in [0.15, 0.2) is 16.8 Å². The zero-order chi connectivity index (χ0) is 8.27. The van der Waals surface area contributed by atoms with Gasteiger partial charge in [0.05, 0.1) is 12.1 Å². The first-order chi connectivity index (χ1) is 5.20. The van der Waals surface area contributed by atoms with Crippen molar-refractivity contribution in [2.45, 2.75) is 13.3 Å². The van der Waals surface area contributed by atoms with Crippen molar-refractivity contribution in [3.63, 3.8) is 0 Å². The predicted octanol–water partition coefficient (Wildman–Crippen LogP) is 0.938. The van der Waals surface area contributed by atoms with Gasteiger partial charge in [0.1, 0.15) is 5.76 Å². The third-order valence-corrected chi connectivity index (χ3v) is 1.42. The summed E-state index contributed by atoms with van der Waals surface area (Å²) in [5, 5.41) is 12.0. The molecule has 4 nitrogen and oxygen atoms in total. The standard InChI is InChI=1S/C7H9NO3/c1-5(7(9)10)4-6-2-3-8-11-6/h2-3,5H,4H2,1H3,(H,9,10). The summed E-state index contributed by atoms with van der Waals surface area (Å²) >= 11 is 0. The lowest BCUT2D eigenvalue weighted by molar-refractivity contribution is -0.141. The maximum absolute atomic E-state index is 10.4. The molecule has 1 aromatic rings. The van der Waals surface area contributed by atoms with E-state index in [4.69, 9.17) is 9.63 Å². The Morgan fingerprint density at radius 1 is 1.91 bits per heavy atom. The number of rotatable bonds is 3. The molecule has 1 N–H and O–H groups in total. The number of aromatic nitrogens is 1. The lowest BCUT2D eigenvalue weighted by Crippen LogP contribution is -2.11. The van der Waals surface area contributed by atoms with Gasteiger partial charge in [0.25, 0.3) is 0 Å². The molecular formula is C7H9NO3. The molecule has 0 aliphatic rings. The molecule has 1 rings (SSSR count). The van der Waals surface area contributed by atoms with Gasteiger partial charge in [-0.3, -0.25) is 4.79 Å². The molecule has 0 saturated carbocycles. The monoisotopic (exact) mass is 155 g/mol. The summed E-state index contributed by atoms with van der Waals surface area (Å²) < 4.78 is 4.74. The van der Waals surface area contributed by atoms with Gasteiger partial charge in [0, 0.05) is 12.5 Å². The zero-order valence-electron chi connectivity index (χ0n) is 6.15. The van der Waals surface area contributed by atoms with Gasteiger partial charge in [0.2, 0.25) is 0 Å². The highest BCUT2D eigenvalue weighted by atomic mass is 16.5. The highest BCUT2D eigenvalue weighted by Crippen LogP contribution is 2.06. The van der Waals surface area contributed by atoms with Gasteiger partial charge < -0.3 is 9.63 Å². The van der Waals surface area contributed by atoms with Crippen molar-refractivity contribution in [3.05, 3.63) is 18.0 Å². The van der Waals surface area contributed by atoms with E-state index in [1.54, 1.807) is 13.0 Å². The molecule has 0 aliphatic carbocycles. The summed E-state index contributed by atoms with van der Waals surface area (Å²) in [6.45, 7) is 1.63. The number of hydrogen-bond acceptors (Lipinski definition) is 3. The number of aliphatic carboxylic acids is 1. The smallest absolute Gasteiger partial charge is 0.306 e. The van der Waals surface area contributed by atoms with Crippen LogP contribution < -0.4 is 0 Å². The van der Waals surface area contributed by atoms with Gasteiger partial charge in [-0.1, -0.05) is 12.1 Å². The van der Waals surface area contributed by atoms with Crippen LogP contribution in [0.5, 0.6) is 0 Å². The van der Waals surface area contributed by atoms with Crippen molar-refractivity contribution in [1.29, 1.82) is 0 Å². The SMILES string of the molecule is CC(Cc1ccno1)C(=O)O. The third-order valence-electron chi connectivity index (χ3n) is 1.42. The first kappa shape index (κ1) is 7.78. The maximum Gasteiger partial charge on any atom is 0.306 e. The van der Waals surface area contributed by atoms with Crippen LogP contribution >= 0.6 is 0 Å². The minimum Gasteiger partial charge on any atom is -0.481 e. The van der Waals surface area contributed by atoms with E-state index in [1.165, 1.54) is 6.20 Å². The fraction of sp³-hybridized carbons (Fsp3) is 0.429. The van der Waals surface area contributed by atoms with Crippen LogP contribution in [0.1, 0.15) is 12.7 Å². The summed E-state index contributed by atoms with van der Waals surface area (Å²) in [4.78, 5) is 10.4. The summed E-state index contributed by atoms with van der Waals surface area (Å²) in [7, 11) is 0. The Balaban J connectivity index is 2.50. The van der Waals surface area contributed by atoms with E-state index in [1.807, 2.05) is 0 Å². The molecule has 0 spiro atoms. The van der Waals surface area contributed by atoms with E-state index >= 15 is 0 Å². The van der Waals surface area contributed by atoms with Crippen LogP contribution in [0.25, 0.3) is 0 Å². The molecule has 0 bridgehead atoms.